The zero-order valence-electron chi connectivity index (χ0n) is 47.4. The topological polar surface area (TPSA) is 487 Å². The van der Waals surface area contributed by atoms with Crippen LogP contribution in [0.1, 0.15) is 84.8 Å². The fraction of sp³-hybridized carbons (Fsp3) is 0.537. The van der Waals surface area contributed by atoms with Gasteiger partial charge < -0.3 is 89.8 Å². The molecule has 18 N–H and O–H groups in total. The van der Waals surface area contributed by atoms with Crippen LogP contribution in [-0.4, -0.2) is 194 Å². The van der Waals surface area contributed by atoms with Gasteiger partial charge in [-0.05, 0) is 74.6 Å². The maximum absolute atomic E-state index is 14.0. The molecule has 0 aliphatic carbocycles. The van der Waals surface area contributed by atoms with Crippen LogP contribution in [0.15, 0.2) is 54.6 Å². The third-order valence-corrected chi connectivity index (χ3v) is 13.3. The second kappa shape index (κ2) is 33.4. The number of carboxylic acid groups (broad SMARTS) is 2. The van der Waals surface area contributed by atoms with E-state index in [9.17, 15) is 87.9 Å². The molecule has 0 spiro atoms. The molecular weight excluding hydrogens is 1100 g/mol. The van der Waals surface area contributed by atoms with Crippen LogP contribution in [0.2, 0.25) is 0 Å². The van der Waals surface area contributed by atoms with Gasteiger partial charge >= 0.3 is 11.9 Å². The van der Waals surface area contributed by atoms with E-state index in [1.54, 1.807) is 56.3 Å². The summed E-state index contributed by atoms with van der Waals surface area (Å²) in [5.41, 5.74) is 12.8. The first kappa shape index (κ1) is 69.5. The van der Waals surface area contributed by atoms with Gasteiger partial charge in [-0.2, -0.15) is 0 Å². The van der Waals surface area contributed by atoms with Crippen LogP contribution >= 0.6 is 0 Å². The molecule has 11 amide bonds. The summed E-state index contributed by atoms with van der Waals surface area (Å²) in [7, 11) is 0. The van der Waals surface area contributed by atoms with Crippen molar-refractivity contribution in [2.75, 3.05) is 19.7 Å². The first-order chi connectivity index (χ1) is 39.4. The molecule has 84 heavy (non-hydrogen) atoms. The second-order valence-corrected chi connectivity index (χ2v) is 20.9. The molecule has 1 saturated heterocycles. The van der Waals surface area contributed by atoms with Gasteiger partial charge in [0, 0.05) is 19.4 Å². The highest BCUT2D eigenvalue weighted by molar-refractivity contribution is 5.99. The third-order valence-electron chi connectivity index (χ3n) is 13.3. The predicted octanol–water partition coefficient (Wildman–Crippen LogP) is -4.98. The molecule has 2 aromatic rings. The number of carbonyl (C=O) groups excluding carboxylic acids is 11. The van der Waals surface area contributed by atoms with Gasteiger partial charge in [-0.1, -0.05) is 70.2 Å². The molecule has 0 aromatic heterocycles. The van der Waals surface area contributed by atoms with Crippen LogP contribution in [0.3, 0.4) is 0 Å². The third kappa shape index (κ3) is 22.2. The summed E-state index contributed by atoms with van der Waals surface area (Å²) in [5, 5.41) is 70.2. The van der Waals surface area contributed by atoms with Crippen molar-refractivity contribution in [2.45, 2.75) is 153 Å². The Hall–Kier alpha value is -8.77. The summed E-state index contributed by atoms with van der Waals surface area (Å²) in [4.78, 5) is 171. The maximum atomic E-state index is 14.0. The minimum Gasteiger partial charge on any atom is -0.508 e. The van der Waals surface area contributed by atoms with E-state index < -0.39 is 188 Å². The molecule has 0 saturated carbocycles. The van der Waals surface area contributed by atoms with Gasteiger partial charge in [-0.3, -0.25) is 57.5 Å². The molecule has 1 fully saturated rings. The van der Waals surface area contributed by atoms with E-state index in [2.05, 4.69) is 47.9 Å². The zero-order valence-corrected chi connectivity index (χ0v) is 47.4. The van der Waals surface area contributed by atoms with Crippen molar-refractivity contribution in [3.05, 3.63) is 65.7 Å². The minimum atomic E-state index is -1.83. The Bertz CT molecular complexity index is 2680. The molecule has 3 rings (SSSR count). The van der Waals surface area contributed by atoms with E-state index in [1.807, 2.05) is 0 Å². The number of phenols is 1. The number of aliphatic carboxylic acids is 2. The van der Waals surface area contributed by atoms with Crippen molar-refractivity contribution >= 4 is 76.9 Å². The molecule has 1 aliphatic heterocycles. The number of hydrogen-bond acceptors (Lipinski definition) is 17. The Labute approximate surface area is 483 Å². The Morgan fingerprint density at radius 2 is 1.17 bits per heavy atom. The van der Waals surface area contributed by atoms with Gasteiger partial charge in [0.15, 0.2) is 0 Å². The molecule has 0 unspecified atom stereocenters. The summed E-state index contributed by atoms with van der Waals surface area (Å²) < 4.78 is 0. The predicted molar refractivity (Wildman–Crippen MR) is 296 cm³/mol. The van der Waals surface area contributed by atoms with Crippen LogP contribution in [0.5, 0.6) is 5.75 Å². The number of hydrogen-bond donors (Lipinski definition) is 16. The average Bonchev–Trinajstić information content (AvgIpc) is 3.57. The van der Waals surface area contributed by atoms with Crippen LogP contribution in [0.25, 0.3) is 0 Å². The molecular formula is C54H78N12O18. The number of likely N-dealkylation sites (tertiary alicyclic amines) is 1. The Balaban J connectivity index is 1.64. The van der Waals surface area contributed by atoms with Crippen molar-refractivity contribution in [3.63, 3.8) is 0 Å². The number of aromatic hydroxyl groups is 1. The highest BCUT2D eigenvalue weighted by Crippen LogP contribution is 2.22. The number of aliphatic hydroxyl groups excluding tert-OH is 2. The molecule has 0 bridgehead atoms. The summed E-state index contributed by atoms with van der Waals surface area (Å²) in [6.07, 6.45) is -3.30. The molecule has 1 heterocycles. The lowest BCUT2D eigenvalue weighted by Gasteiger charge is -2.32. The Morgan fingerprint density at radius 1 is 0.607 bits per heavy atom. The van der Waals surface area contributed by atoms with Gasteiger partial charge in [0.05, 0.1) is 31.7 Å². The standard InChI is InChI=1S/C54H78N12O18/c1-26(2)42(51(80)57-24-40(71)59-37(25-67)49(78)60-34(18-19-41(72)73)47(76)58-28(5)45(74)62-36(54(83)84)22-30-11-8-7-9-12-30)63-48(77)35(23-39(56)70)61-52(81)44(29(6)68)65-50(79)38-13-10-20-66(38)53(82)43(27(3)4)64-46(75)33(55)21-31-14-16-32(69)17-15-31/h7-9,11-12,14-17,26-29,33-38,42-44,67-69H,10,13,18-25,55H2,1-6H3,(H2,56,70)(H,57,80)(H,58,76)(H,59,71)(H,60,78)(H,61,81)(H,62,74)(H,63,77)(H,64,75)(H,65,79)(H,72,73)(H,83,84)/t28-,29+,33+,34-,35-,36-,37-,38-,42-,43-,44-/m0/s1. The Morgan fingerprint density at radius 3 is 1.73 bits per heavy atom. The van der Waals surface area contributed by atoms with Gasteiger partial charge in [0.2, 0.25) is 65.0 Å². The number of carboxylic acids is 2. The number of rotatable bonds is 33. The fourth-order valence-electron chi connectivity index (χ4n) is 8.60. The van der Waals surface area contributed by atoms with Crippen molar-refractivity contribution in [1.82, 2.24) is 52.8 Å². The number of primary amides is 1. The van der Waals surface area contributed by atoms with E-state index in [1.165, 1.54) is 37.8 Å². The van der Waals surface area contributed by atoms with Gasteiger partial charge in [0.1, 0.15) is 60.1 Å². The molecule has 462 valence electrons. The van der Waals surface area contributed by atoms with Crippen molar-refractivity contribution in [1.29, 1.82) is 0 Å². The number of benzene rings is 2. The van der Waals surface area contributed by atoms with E-state index in [0.717, 1.165) is 6.92 Å². The van der Waals surface area contributed by atoms with Crippen LogP contribution in [0, 0.1) is 11.8 Å². The van der Waals surface area contributed by atoms with E-state index >= 15 is 0 Å². The summed E-state index contributed by atoms with van der Waals surface area (Å²) in [6, 6.07) is -0.461. The second-order valence-electron chi connectivity index (χ2n) is 20.9. The van der Waals surface area contributed by atoms with Crippen molar-refractivity contribution in [2.24, 2.45) is 23.3 Å². The molecule has 0 radical (unpaired) electrons. The summed E-state index contributed by atoms with van der Waals surface area (Å²) in [6.45, 7) is 6.73. The van der Waals surface area contributed by atoms with E-state index in [-0.39, 0.29) is 31.6 Å². The Kier molecular flexibility index (Phi) is 27.6. The number of nitrogens with one attached hydrogen (secondary N) is 9. The maximum Gasteiger partial charge on any atom is 0.326 e. The molecule has 30 nitrogen and oxygen atoms in total. The monoisotopic (exact) mass is 1180 g/mol. The number of phenolic OH excluding ortho intramolecular Hbond substituents is 1. The van der Waals surface area contributed by atoms with Gasteiger partial charge in [0.25, 0.3) is 0 Å². The summed E-state index contributed by atoms with van der Waals surface area (Å²) >= 11 is 0. The summed E-state index contributed by atoms with van der Waals surface area (Å²) in [5.74, 6) is -14.9. The van der Waals surface area contributed by atoms with Crippen LogP contribution in [-0.2, 0) is 75.2 Å². The number of carbonyl (C=O) groups is 13. The van der Waals surface area contributed by atoms with E-state index in [0.29, 0.717) is 17.5 Å². The minimum absolute atomic E-state index is 0.0194. The zero-order chi connectivity index (χ0) is 63.1. The molecule has 1 aliphatic rings. The largest absolute Gasteiger partial charge is 0.508 e. The SMILES string of the molecule is CC(C)[C@H](NC(=O)[C@H](CC(N)=O)NC(=O)[C@@H](NC(=O)[C@@H]1CCCN1C(=O)[C@@H](NC(=O)[C@H](N)Cc1ccc(O)cc1)C(C)C)[C@@H](C)O)C(=O)NCC(=O)N[C@@H](CO)C(=O)N[C@@H](CCC(=O)O)C(=O)N[C@@H](C)C(=O)N[C@@H](Cc1ccccc1)C(=O)O. The molecule has 2 aromatic carbocycles. The number of nitrogens with two attached hydrogens (primary N) is 2. The van der Waals surface area contributed by atoms with Crippen LogP contribution < -0.4 is 59.3 Å². The number of amides is 11. The number of nitrogens with zero attached hydrogens (tertiary/aromatic N) is 1. The normalized spacial score (nSPS) is 16.5. The number of aliphatic hydroxyl groups is 2. The highest BCUT2D eigenvalue weighted by Gasteiger charge is 2.42. The molecule has 11 atom stereocenters. The van der Waals surface area contributed by atoms with Gasteiger partial charge in [-0.25, -0.2) is 4.79 Å². The first-order valence-corrected chi connectivity index (χ1v) is 27.0. The average molecular weight is 1180 g/mol. The van der Waals surface area contributed by atoms with E-state index in [4.69, 9.17) is 11.5 Å². The van der Waals surface area contributed by atoms with Crippen LogP contribution in [0.4, 0.5) is 0 Å². The van der Waals surface area contributed by atoms with Crippen molar-refractivity contribution in [3.8, 4) is 5.75 Å². The first-order valence-electron chi connectivity index (χ1n) is 27.0. The van der Waals surface area contributed by atoms with Gasteiger partial charge in [-0.15, -0.1) is 0 Å². The quantitative estimate of drug-likeness (QED) is 0.0318. The smallest absolute Gasteiger partial charge is 0.326 e. The highest BCUT2D eigenvalue weighted by atomic mass is 16.4. The van der Waals surface area contributed by atoms with Crippen molar-refractivity contribution < 1.29 is 87.9 Å². The lowest BCUT2D eigenvalue weighted by Crippen LogP contribution is -2.62. The lowest BCUT2D eigenvalue weighted by molar-refractivity contribution is -0.143. The molecule has 30 heteroatoms. The lowest BCUT2D eigenvalue weighted by atomic mass is 10.00. The fourth-order valence-corrected chi connectivity index (χ4v) is 8.60.